The van der Waals surface area contributed by atoms with E-state index in [1.807, 2.05) is 11.8 Å². The second-order valence-corrected chi connectivity index (χ2v) is 6.43. The Morgan fingerprint density at radius 3 is 2.50 bits per heavy atom. The number of unbranched alkanes of at least 4 members (excludes halogenated alkanes) is 4. The van der Waals surface area contributed by atoms with E-state index in [4.69, 9.17) is 0 Å². The van der Waals surface area contributed by atoms with Gasteiger partial charge in [0.15, 0.2) is 0 Å². The van der Waals surface area contributed by atoms with Gasteiger partial charge >= 0.3 is 0 Å². The quantitative estimate of drug-likeness (QED) is 0.607. The van der Waals surface area contributed by atoms with Crippen LogP contribution in [0.15, 0.2) is 0 Å². The standard InChI is InChI=1S/C14H28OS/c1-2-3-4-5-6-9-13(15)12-16-14-10-7-8-11-14/h13-15H,2-12H2,1H3. The Bertz CT molecular complexity index is 155. The molecule has 0 bridgehead atoms. The zero-order valence-corrected chi connectivity index (χ0v) is 11.6. The minimum atomic E-state index is -0.0489. The van der Waals surface area contributed by atoms with E-state index in [2.05, 4.69) is 6.92 Å². The van der Waals surface area contributed by atoms with Crippen LogP contribution in [-0.4, -0.2) is 22.2 Å². The van der Waals surface area contributed by atoms with E-state index in [0.29, 0.717) is 0 Å². The first-order valence-corrected chi connectivity index (χ1v) is 8.17. The Morgan fingerprint density at radius 1 is 1.12 bits per heavy atom. The molecule has 1 rings (SSSR count). The fourth-order valence-electron chi connectivity index (χ4n) is 2.37. The van der Waals surface area contributed by atoms with Crippen molar-refractivity contribution in [1.29, 1.82) is 0 Å². The van der Waals surface area contributed by atoms with Gasteiger partial charge in [-0.2, -0.15) is 11.8 Å². The van der Waals surface area contributed by atoms with Crippen molar-refractivity contribution in [3.05, 3.63) is 0 Å². The Kier molecular flexibility index (Phi) is 8.40. The average Bonchev–Trinajstić information content (AvgIpc) is 2.79. The molecule has 0 saturated heterocycles. The molecule has 1 aliphatic carbocycles. The van der Waals surface area contributed by atoms with Crippen molar-refractivity contribution in [2.75, 3.05) is 5.75 Å². The smallest absolute Gasteiger partial charge is 0.0630 e. The first kappa shape index (κ1) is 14.4. The highest BCUT2D eigenvalue weighted by molar-refractivity contribution is 7.99. The van der Waals surface area contributed by atoms with Gasteiger partial charge in [0.05, 0.1) is 6.10 Å². The summed E-state index contributed by atoms with van der Waals surface area (Å²) in [6.07, 6.45) is 13.1. The van der Waals surface area contributed by atoms with Crippen molar-refractivity contribution in [3.8, 4) is 0 Å². The molecule has 1 fully saturated rings. The van der Waals surface area contributed by atoms with E-state index in [-0.39, 0.29) is 6.10 Å². The van der Waals surface area contributed by atoms with Gasteiger partial charge in [0, 0.05) is 11.0 Å². The van der Waals surface area contributed by atoms with Crippen LogP contribution in [0.4, 0.5) is 0 Å². The molecule has 1 N–H and O–H groups in total. The predicted molar refractivity (Wildman–Crippen MR) is 74.1 cm³/mol. The first-order chi connectivity index (χ1) is 7.83. The lowest BCUT2D eigenvalue weighted by atomic mass is 10.1. The fourth-order valence-corrected chi connectivity index (χ4v) is 3.70. The predicted octanol–water partition coefficient (Wildman–Crippen LogP) is 4.38. The van der Waals surface area contributed by atoms with Gasteiger partial charge in [-0.05, 0) is 19.3 Å². The summed E-state index contributed by atoms with van der Waals surface area (Å²) in [5.74, 6) is 0.971. The van der Waals surface area contributed by atoms with Crippen molar-refractivity contribution in [2.45, 2.75) is 82.5 Å². The van der Waals surface area contributed by atoms with E-state index in [1.54, 1.807) is 0 Å². The van der Waals surface area contributed by atoms with E-state index < -0.39 is 0 Å². The van der Waals surface area contributed by atoms with E-state index in [0.717, 1.165) is 17.4 Å². The van der Waals surface area contributed by atoms with Crippen molar-refractivity contribution in [3.63, 3.8) is 0 Å². The number of aliphatic hydroxyl groups excluding tert-OH is 1. The highest BCUT2D eigenvalue weighted by atomic mass is 32.2. The molecule has 1 nitrogen and oxygen atoms in total. The fraction of sp³-hybridized carbons (Fsp3) is 1.00. The normalized spacial score (nSPS) is 19.1. The monoisotopic (exact) mass is 244 g/mol. The molecule has 1 aliphatic rings. The van der Waals surface area contributed by atoms with Gasteiger partial charge < -0.3 is 5.11 Å². The largest absolute Gasteiger partial charge is 0.392 e. The van der Waals surface area contributed by atoms with Crippen molar-refractivity contribution in [2.24, 2.45) is 0 Å². The second kappa shape index (κ2) is 9.35. The lowest BCUT2D eigenvalue weighted by Crippen LogP contribution is -2.12. The van der Waals surface area contributed by atoms with Crippen LogP contribution in [0.25, 0.3) is 0 Å². The Balaban J connectivity index is 1.87. The van der Waals surface area contributed by atoms with Crippen LogP contribution in [0, 0.1) is 0 Å². The molecular formula is C14H28OS. The molecular weight excluding hydrogens is 216 g/mol. The molecule has 96 valence electrons. The molecule has 2 heteroatoms. The SMILES string of the molecule is CCCCCCCC(O)CSC1CCCC1. The van der Waals surface area contributed by atoms with Gasteiger partial charge in [0.25, 0.3) is 0 Å². The lowest BCUT2D eigenvalue weighted by molar-refractivity contribution is 0.184. The molecule has 0 spiro atoms. The van der Waals surface area contributed by atoms with Gasteiger partial charge in [-0.15, -0.1) is 0 Å². The summed E-state index contributed by atoms with van der Waals surface area (Å²) in [7, 11) is 0. The van der Waals surface area contributed by atoms with Gasteiger partial charge in [-0.3, -0.25) is 0 Å². The van der Waals surface area contributed by atoms with Crippen molar-refractivity contribution < 1.29 is 5.11 Å². The third-order valence-corrected chi connectivity index (χ3v) is 4.99. The zero-order chi connectivity index (χ0) is 11.6. The van der Waals surface area contributed by atoms with Crippen LogP contribution >= 0.6 is 11.8 Å². The van der Waals surface area contributed by atoms with Crippen LogP contribution < -0.4 is 0 Å². The maximum absolute atomic E-state index is 9.85. The molecule has 0 aliphatic heterocycles. The summed E-state index contributed by atoms with van der Waals surface area (Å²) in [6, 6.07) is 0. The van der Waals surface area contributed by atoms with Gasteiger partial charge in [-0.25, -0.2) is 0 Å². The number of rotatable bonds is 9. The topological polar surface area (TPSA) is 20.2 Å². The number of aliphatic hydroxyl groups is 1. The van der Waals surface area contributed by atoms with Gasteiger partial charge in [0.1, 0.15) is 0 Å². The lowest BCUT2D eigenvalue weighted by Gasteiger charge is -2.13. The Morgan fingerprint density at radius 2 is 1.81 bits per heavy atom. The highest BCUT2D eigenvalue weighted by Crippen LogP contribution is 2.30. The first-order valence-electron chi connectivity index (χ1n) is 7.12. The summed E-state index contributed by atoms with van der Waals surface area (Å²) in [4.78, 5) is 0. The second-order valence-electron chi connectivity index (χ2n) is 5.10. The number of hydrogen-bond donors (Lipinski definition) is 1. The van der Waals surface area contributed by atoms with Crippen molar-refractivity contribution >= 4 is 11.8 Å². The molecule has 0 aromatic heterocycles. The molecule has 0 heterocycles. The third kappa shape index (κ3) is 6.80. The molecule has 0 aromatic rings. The van der Waals surface area contributed by atoms with Crippen LogP contribution in [0.1, 0.15) is 71.1 Å². The number of hydrogen-bond acceptors (Lipinski definition) is 2. The molecule has 0 aromatic carbocycles. The van der Waals surface area contributed by atoms with Crippen LogP contribution in [-0.2, 0) is 0 Å². The maximum Gasteiger partial charge on any atom is 0.0630 e. The minimum absolute atomic E-state index is 0.0489. The Hall–Kier alpha value is 0.310. The van der Waals surface area contributed by atoms with Crippen molar-refractivity contribution in [1.82, 2.24) is 0 Å². The average molecular weight is 244 g/mol. The Labute approximate surface area is 105 Å². The number of thioether (sulfide) groups is 1. The summed E-state index contributed by atoms with van der Waals surface area (Å²) in [6.45, 7) is 2.24. The van der Waals surface area contributed by atoms with Gasteiger partial charge in [0.2, 0.25) is 0 Å². The minimum Gasteiger partial charge on any atom is -0.392 e. The van der Waals surface area contributed by atoms with Crippen LogP contribution in [0.3, 0.4) is 0 Å². The molecule has 0 radical (unpaired) electrons. The summed E-state index contributed by atoms with van der Waals surface area (Å²) in [5, 5.41) is 10.7. The summed E-state index contributed by atoms with van der Waals surface area (Å²) >= 11 is 2.01. The van der Waals surface area contributed by atoms with Gasteiger partial charge in [-0.1, -0.05) is 51.9 Å². The van der Waals surface area contributed by atoms with Crippen LogP contribution in [0.2, 0.25) is 0 Å². The van der Waals surface area contributed by atoms with Crippen LogP contribution in [0.5, 0.6) is 0 Å². The molecule has 0 amide bonds. The highest BCUT2D eigenvalue weighted by Gasteiger charge is 2.16. The maximum atomic E-state index is 9.85. The summed E-state index contributed by atoms with van der Waals surface area (Å²) in [5.41, 5.74) is 0. The van der Waals surface area contributed by atoms with E-state index >= 15 is 0 Å². The zero-order valence-electron chi connectivity index (χ0n) is 10.8. The van der Waals surface area contributed by atoms with E-state index in [1.165, 1.54) is 57.8 Å². The summed E-state index contributed by atoms with van der Waals surface area (Å²) < 4.78 is 0. The molecule has 1 unspecified atom stereocenters. The third-order valence-electron chi connectivity index (χ3n) is 3.47. The van der Waals surface area contributed by atoms with E-state index in [9.17, 15) is 5.11 Å². The molecule has 1 atom stereocenters. The molecule has 1 saturated carbocycles. The molecule has 16 heavy (non-hydrogen) atoms.